The van der Waals surface area contributed by atoms with E-state index in [0.717, 1.165) is 127 Å². The molecule has 19 N–H and O–H groups in total. The quantitative estimate of drug-likeness (QED) is 0.0187. The summed E-state index contributed by atoms with van der Waals surface area (Å²) in [6.45, 7) is 8.30. The first-order valence-electron chi connectivity index (χ1n) is 49.5. The van der Waals surface area contributed by atoms with Gasteiger partial charge in [-0.15, -0.1) is 14.0 Å². The molecule has 0 unspecified atom stereocenters. The third-order valence-corrected chi connectivity index (χ3v) is 31.8. The Morgan fingerprint density at radius 1 is 0.568 bits per heavy atom. The van der Waals surface area contributed by atoms with Gasteiger partial charge in [-0.2, -0.15) is 0 Å². The molecule has 0 aliphatic carbocycles. The number of hydrogen-bond donors (Lipinski definition) is 19. The number of fused-ring (bicyclic) bond motifs is 14. The number of rotatable bonds is 26. The van der Waals surface area contributed by atoms with Crippen LogP contribution in [0.3, 0.4) is 0 Å². The summed E-state index contributed by atoms with van der Waals surface area (Å²) in [7, 11) is 2.83. The highest BCUT2D eigenvalue weighted by Gasteiger charge is 2.63. The molecule has 18 atom stereocenters. The maximum absolute atomic E-state index is 17.4. The van der Waals surface area contributed by atoms with E-state index in [2.05, 4.69) is 75.7 Å². The van der Waals surface area contributed by atoms with E-state index < -0.39 is 251 Å². The van der Waals surface area contributed by atoms with Crippen molar-refractivity contribution in [3.63, 3.8) is 0 Å². The average molecular weight is 2120 g/mol. The SMILES string of the molecule is CC(=O)[O-].CN[C@H]1C(=O)N[C@@H]2Cc3ccc(cc3)Oc3cc4cc(c3O[C@@H]3O[C@H](C(=O)OC)[C@@H](O)[C@H](O)[C@H]3NC(=O)CCCCCCCC(C)C)Oc3ccc(cc3Cl)[C@@H](O)[C@@H]3NC(=O)[C@H](NC(=O)[C@@H]4NC(=O)[C@@H](NC2=O)c2cc(cc(O[P+](N4CCCC4)(N4CCCC4)N4CCCC4)c2Cl)Oc2cc1ccc2O)c1ccc(O)c(c1)-c1c(O[C@H]2O[C@H](CO)[C@@H](O)[C@H](O)[C@@H]2O)cc(O)cc1[C@H](C(=O)NCCCN(C)C)NC3=O. The molecule has 5 fully saturated rings. The third-order valence-electron chi connectivity index (χ3n) is 27.2. The maximum atomic E-state index is 17.4. The standard InChI is InChI=1S/C100H122Cl2N13O28P.C2H4O2/c1-50(2)19-10-8-7-9-11-20-73(120)106-82-85(123)87(125)90(98(134)135-6)142-99(82)141-89-70-43-55-44-71(89)138-66-30-25-54(41-62(66)101)83(121)81-97(133)110-79(92(128)104-31-18-32-112(4)5)60-45-56(117)46-68(139-100-88(126)86(124)84(122)72(49-116)140-100)74(60)59-40-52(23-28-64(59)118)77(94(130)111-81)107-95(131)78(55)108-96(132)80-61-47-58(48-69(75(61)102)143-144(113-33-12-13-34-113,114-35-14-15-36-114)115-37-16-17-38-115)137-67-42-53(24-29-65(67)119)76(103-3)93(129)105-63(91(127)109-80)39-51-21-26-57(136-70)27-22-51;1-2(3)4/h21-30,40-48,50,63,72,76-88,90,99-100,103,116,121-126H,7-20,31-39,49H2,1-6H3,(H10-,104,105,106,107,108,109,110,111,117,118,119,120,127,128,129,130,131,132,133);1H3,(H,3,4)/t63-,72-,76-,77-,78-,79-,80+,81+,82-,83-,84-,85-,86+,87+,88+,90+,99-,100+;/m1./s1. The minimum absolute atomic E-state index is 0.0710. The number of aliphatic hydroxyl groups is 7. The van der Waals surface area contributed by atoms with Crippen molar-refractivity contribution >= 4 is 90.3 Å². The number of esters is 1. The normalized spacial score (nSPS) is 25.9. The smallest absolute Gasteiger partial charge is 0.417 e. The van der Waals surface area contributed by atoms with Gasteiger partial charge in [0, 0.05) is 93.4 Å². The largest absolute Gasteiger partial charge is 0.550 e. The molecule has 798 valence electrons. The van der Waals surface area contributed by atoms with E-state index in [1.165, 1.54) is 73.8 Å². The summed E-state index contributed by atoms with van der Waals surface area (Å²) in [4.78, 5) is 154. The van der Waals surface area contributed by atoms with Crippen molar-refractivity contribution in [2.45, 2.75) is 227 Å². The number of aliphatic carboxylic acids is 1. The Balaban J connectivity index is 0.00000403. The summed E-state index contributed by atoms with van der Waals surface area (Å²) in [6.07, 6.45) is -11.3. The molecule has 46 heteroatoms. The Bertz CT molecular complexity index is 5970. The molecule has 11 aliphatic heterocycles. The Hall–Kier alpha value is -12.1. The fraction of sp³-hybridized carbons (Fsp3) is 0.490. The number of carboxylic acid groups (broad SMARTS) is 1. The van der Waals surface area contributed by atoms with Crippen LogP contribution < -0.4 is 81.2 Å². The number of carboxylic acids is 1. The highest BCUT2D eigenvalue weighted by atomic mass is 35.5. The molecule has 17 bridgehead atoms. The number of halogens is 2. The Labute approximate surface area is 863 Å². The second-order valence-corrected chi connectivity index (χ2v) is 42.3. The van der Waals surface area contributed by atoms with Crippen molar-refractivity contribution in [3.8, 4) is 80.1 Å². The second-order valence-electron chi connectivity index (χ2n) is 38.6. The second kappa shape index (κ2) is 48.7. The molecule has 8 amide bonds. The lowest BCUT2D eigenvalue weighted by atomic mass is 9.89. The topological polar surface area (TPSA) is 600 Å². The van der Waals surface area contributed by atoms with Crippen molar-refractivity contribution in [1.82, 2.24) is 66.8 Å². The van der Waals surface area contributed by atoms with Crippen LogP contribution in [0.2, 0.25) is 10.0 Å². The van der Waals surface area contributed by atoms with Gasteiger partial charge in [-0.05, 0) is 198 Å². The fourth-order valence-corrected chi connectivity index (χ4v) is 24.4. The van der Waals surface area contributed by atoms with Crippen molar-refractivity contribution < 1.29 is 147 Å². The van der Waals surface area contributed by atoms with Crippen LogP contribution in [-0.4, -0.2) is 290 Å². The minimum Gasteiger partial charge on any atom is -0.550 e. The van der Waals surface area contributed by atoms with Gasteiger partial charge in [-0.1, -0.05) is 99.5 Å². The first-order valence-corrected chi connectivity index (χ1v) is 51.8. The first-order chi connectivity index (χ1) is 70.8. The van der Waals surface area contributed by atoms with Crippen LogP contribution >= 0.6 is 31.1 Å². The highest BCUT2D eigenvalue weighted by molar-refractivity contribution is 7.64. The Morgan fingerprint density at radius 3 is 1.81 bits per heavy atom. The number of unbranched alkanes of at least 4 members (excludes halogenated alkanes) is 4. The van der Waals surface area contributed by atoms with Crippen molar-refractivity contribution in [2.75, 3.05) is 87.2 Å². The summed E-state index contributed by atoms with van der Waals surface area (Å²) in [5, 5.41) is 152. The number of nitrogens with one attached hydrogen (secondary N) is 9. The van der Waals surface area contributed by atoms with Gasteiger partial charge in [0.2, 0.25) is 71.3 Å². The molecule has 7 aromatic rings. The van der Waals surface area contributed by atoms with E-state index in [1.54, 1.807) is 14.1 Å². The summed E-state index contributed by atoms with van der Waals surface area (Å²) < 4.78 is 66.1. The number of hydrogen-bond acceptors (Lipinski definition) is 35. The van der Waals surface area contributed by atoms with Gasteiger partial charge >= 0.3 is 13.9 Å². The number of ether oxygens (including phenoxy) is 8. The Kier molecular flexibility index (Phi) is 36.2. The monoisotopic (exact) mass is 2110 g/mol. The predicted octanol–water partition coefficient (Wildman–Crippen LogP) is 5.26. The lowest BCUT2D eigenvalue weighted by Gasteiger charge is -2.41. The van der Waals surface area contributed by atoms with Gasteiger partial charge in [0.1, 0.15) is 126 Å². The molecule has 148 heavy (non-hydrogen) atoms. The van der Waals surface area contributed by atoms with Crippen LogP contribution in [-0.2, 0) is 68.6 Å². The molecular weight excluding hydrogens is 1990 g/mol. The summed E-state index contributed by atoms with van der Waals surface area (Å²) >= 11 is 15.5. The number of aliphatic hydroxyl groups excluding tert-OH is 7. The summed E-state index contributed by atoms with van der Waals surface area (Å²) in [5.74, 6) is -16.1. The van der Waals surface area contributed by atoms with Gasteiger partial charge in [-0.3, -0.25) is 42.9 Å². The van der Waals surface area contributed by atoms with E-state index >= 15 is 33.6 Å². The van der Waals surface area contributed by atoms with Gasteiger partial charge in [0.25, 0.3) is 0 Å². The van der Waals surface area contributed by atoms with Crippen LogP contribution in [0.1, 0.15) is 186 Å². The van der Waals surface area contributed by atoms with Crippen LogP contribution in [0, 0.1) is 5.92 Å². The van der Waals surface area contributed by atoms with E-state index in [-0.39, 0.29) is 75.4 Å². The number of amides is 8. The molecule has 18 rings (SSSR count). The zero-order chi connectivity index (χ0) is 106. The molecule has 43 nitrogen and oxygen atoms in total. The van der Waals surface area contributed by atoms with Crippen molar-refractivity contribution in [2.24, 2.45) is 5.92 Å². The third kappa shape index (κ3) is 24.9. The molecule has 7 aromatic carbocycles. The number of methoxy groups -OCH3 is 1. The van der Waals surface area contributed by atoms with Gasteiger partial charge in [0.15, 0.2) is 29.1 Å². The molecule has 0 saturated carbocycles. The number of nitrogens with zero attached hydrogens (tertiary/aromatic N) is 4. The number of benzene rings is 7. The van der Waals surface area contributed by atoms with Crippen LogP contribution in [0.25, 0.3) is 11.1 Å². The van der Waals surface area contributed by atoms with Gasteiger partial charge in [-0.25, -0.2) is 4.79 Å². The predicted molar refractivity (Wildman–Crippen MR) is 531 cm³/mol. The number of carbonyl (C=O) groups is 10. The maximum Gasteiger partial charge on any atom is 0.417 e. The number of carbonyl (C=O) groups excluding carboxylic acids is 10. The number of phenolic OH excluding ortho intramolecular Hbond substituents is 3. The molecule has 5 saturated heterocycles. The van der Waals surface area contributed by atoms with E-state index in [4.69, 9.17) is 75.5 Å². The van der Waals surface area contributed by atoms with E-state index in [9.17, 15) is 60.7 Å². The van der Waals surface area contributed by atoms with Gasteiger partial charge < -0.3 is 152 Å². The number of phenols is 3. The molecule has 11 heterocycles. The van der Waals surface area contributed by atoms with Gasteiger partial charge in [0.05, 0.1) is 23.8 Å². The zero-order valence-electron chi connectivity index (χ0n) is 82.5. The zero-order valence-corrected chi connectivity index (χ0v) is 84.9. The molecular formula is C102H126Cl2N13O30P. The number of aromatic hydroxyl groups is 3. The highest BCUT2D eigenvalue weighted by Crippen LogP contribution is 2.71. The average Bonchev–Trinajstić information content (AvgIpc) is 1.51. The Morgan fingerprint density at radius 2 is 1.17 bits per heavy atom. The number of likely N-dealkylation sites (N-methyl/N-ethyl adjacent to an activating group) is 1. The lowest BCUT2D eigenvalue weighted by molar-refractivity contribution is -0.302. The van der Waals surface area contributed by atoms with E-state index in [1.807, 2.05) is 4.90 Å². The molecule has 0 spiro atoms. The van der Waals surface area contributed by atoms with E-state index in [0.29, 0.717) is 76.6 Å². The molecule has 0 aromatic heterocycles. The van der Waals surface area contributed by atoms with Crippen LogP contribution in [0.4, 0.5) is 0 Å². The minimum atomic E-state index is -3.21. The summed E-state index contributed by atoms with van der Waals surface area (Å²) in [6, 6.07) is 7.78. The van der Waals surface area contributed by atoms with Crippen LogP contribution in [0.5, 0.6) is 69.0 Å². The first kappa shape index (κ1) is 110. The molecule has 11 aliphatic rings. The lowest BCUT2D eigenvalue weighted by Crippen LogP contribution is -2.66. The van der Waals surface area contributed by atoms with Crippen molar-refractivity contribution in [1.29, 1.82) is 0 Å². The molecule has 0 radical (unpaired) electrons. The van der Waals surface area contributed by atoms with Crippen LogP contribution in [0.15, 0.2) is 115 Å². The summed E-state index contributed by atoms with van der Waals surface area (Å²) in [5.41, 5.74) is -2.16. The van der Waals surface area contributed by atoms with Crippen molar-refractivity contribution in [3.05, 3.63) is 164 Å². The fourth-order valence-electron chi connectivity index (χ4n) is 19.6.